The van der Waals surface area contributed by atoms with E-state index in [2.05, 4.69) is 0 Å². The molecular weight excluding hydrogens is 246 g/mol. The molecule has 5 nitrogen and oxygen atoms in total. The van der Waals surface area contributed by atoms with E-state index in [1.54, 1.807) is 4.90 Å². The molecule has 0 aromatic carbocycles. The van der Waals surface area contributed by atoms with E-state index in [1.807, 2.05) is 0 Å². The topological polar surface area (TPSA) is 59.0 Å². The average Bonchev–Trinajstić information content (AvgIpc) is 3.12. The molecule has 2 unspecified atom stereocenters. The van der Waals surface area contributed by atoms with Crippen LogP contribution in [-0.2, 0) is 9.47 Å². The SMILES string of the molecule is O=C(O)N1CCCCC1(C1CCCO1)C1CCCO1. The van der Waals surface area contributed by atoms with Crippen LogP contribution in [0.5, 0.6) is 0 Å². The lowest BCUT2D eigenvalue weighted by atomic mass is 9.75. The lowest BCUT2D eigenvalue weighted by Gasteiger charge is -2.51. The Balaban J connectivity index is 1.94. The fourth-order valence-electron chi connectivity index (χ4n) is 4.12. The lowest BCUT2D eigenvalue weighted by Crippen LogP contribution is -2.66. The van der Waals surface area contributed by atoms with Gasteiger partial charge in [0.2, 0.25) is 0 Å². The van der Waals surface area contributed by atoms with Gasteiger partial charge in [0.05, 0.1) is 17.7 Å². The van der Waals surface area contributed by atoms with Crippen LogP contribution in [0.1, 0.15) is 44.9 Å². The van der Waals surface area contributed by atoms with Crippen molar-refractivity contribution in [3.63, 3.8) is 0 Å². The molecule has 19 heavy (non-hydrogen) atoms. The van der Waals surface area contributed by atoms with E-state index >= 15 is 0 Å². The van der Waals surface area contributed by atoms with Crippen LogP contribution in [-0.4, -0.2) is 53.6 Å². The minimum atomic E-state index is -0.814. The van der Waals surface area contributed by atoms with Gasteiger partial charge in [-0.2, -0.15) is 0 Å². The first-order valence-corrected chi connectivity index (χ1v) is 7.49. The second-order valence-electron chi connectivity index (χ2n) is 5.89. The van der Waals surface area contributed by atoms with Crippen LogP contribution in [0.15, 0.2) is 0 Å². The summed E-state index contributed by atoms with van der Waals surface area (Å²) in [5, 5.41) is 9.61. The first kappa shape index (κ1) is 13.2. The zero-order chi connectivity index (χ0) is 13.3. The summed E-state index contributed by atoms with van der Waals surface area (Å²) in [5.41, 5.74) is -0.433. The van der Waals surface area contributed by atoms with Crippen LogP contribution >= 0.6 is 0 Å². The van der Waals surface area contributed by atoms with E-state index in [-0.39, 0.29) is 12.2 Å². The third-order valence-electron chi connectivity index (χ3n) is 4.92. The molecule has 3 rings (SSSR count). The predicted octanol–water partition coefficient (Wildman–Crippen LogP) is 2.25. The van der Waals surface area contributed by atoms with Gasteiger partial charge in [-0.3, -0.25) is 4.90 Å². The highest BCUT2D eigenvalue weighted by molar-refractivity contribution is 5.66. The smallest absolute Gasteiger partial charge is 0.407 e. The molecule has 1 N–H and O–H groups in total. The fraction of sp³-hybridized carbons (Fsp3) is 0.929. The molecule has 0 radical (unpaired) electrons. The van der Waals surface area contributed by atoms with E-state index in [0.717, 1.165) is 58.2 Å². The van der Waals surface area contributed by atoms with Crippen LogP contribution in [0.2, 0.25) is 0 Å². The normalized spacial score (nSPS) is 39.7. The van der Waals surface area contributed by atoms with E-state index in [0.29, 0.717) is 6.54 Å². The number of rotatable bonds is 2. The minimum absolute atomic E-state index is 0.0204. The Labute approximate surface area is 113 Å². The van der Waals surface area contributed by atoms with Gasteiger partial charge in [0, 0.05) is 19.8 Å². The third-order valence-corrected chi connectivity index (χ3v) is 4.92. The zero-order valence-electron chi connectivity index (χ0n) is 11.3. The summed E-state index contributed by atoms with van der Waals surface area (Å²) in [4.78, 5) is 13.3. The van der Waals surface area contributed by atoms with Gasteiger partial charge in [-0.15, -0.1) is 0 Å². The Hall–Kier alpha value is -0.810. The van der Waals surface area contributed by atoms with Crippen molar-refractivity contribution in [2.45, 2.75) is 62.7 Å². The lowest BCUT2D eigenvalue weighted by molar-refractivity contribution is -0.122. The van der Waals surface area contributed by atoms with Gasteiger partial charge >= 0.3 is 6.09 Å². The summed E-state index contributed by atoms with van der Waals surface area (Å²) in [6.07, 6.45) is 6.13. The van der Waals surface area contributed by atoms with Gasteiger partial charge < -0.3 is 14.6 Å². The number of hydrogen-bond donors (Lipinski definition) is 1. The largest absolute Gasteiger partial charge is 0.465 e. The van der Waals surface area contributed by atoms with Crippen molar-refractivity contribution >= 4 is 6.09 Å². The molecule has 0 aromatic rings. The van der Waals surface area contributed by atoms with Crippen molar-refractivity contribution in [1.82, 2.24) is 4.90 Å². The highest BCUT2D eigenvalue weighted by Crippen LogP contribution is 2.43. The molecule has 5 heteroatoms. The highest BCUT2D eigenvalue weighted by Gasteiger charge is 2.55. The predicted molar refractivity (Wildman–Crippen MR) is 69.3 cm³/mol. The van der Waals surface area contributed by atoms with Gasteiger partial charge in [-0.1, -0.05) is 0 Å². The second-order valence-corrected chi connectivity index (χ2v) is 5.89. The molecule has 0 spiro atoms. The monoisotopic (exact) mass is 269 g/mol. The number of carbonyl (C=O) groups is 1. The number of nitrogens with zero attached hydrogens (tertiary/aromatic N) is 1. The number of ether oxygens (including phenoxy) is 2. The van der Waals surface area contributed by atoms with E-state index in [4.69, 9.17) is 9.47 Å². The summed E-state index contributed by atoms with van der Waals surface area (Å²) in [6.45, 7) is 2.13. The summed E-state index contributed by atoms with van der Waals surface area (Å²) in [5.74, 6) is 0. The van der Waals surface area contributed by atoms with Crippen LogP contribution in [0.4, 0.5) is 4.79 Å². The van der Waals surface area contributed by atoms with Crippen LogP contribution < -0.4 is 0 Å². The summed E-state index contributed by atoms with van der Waals surface area (Å²) >= 11 is 0. The molecule has 3 fully saturated rings. The molecule has 3 heterocycles. The van der Waals surface area contributed by atoms with E-state index in [9.17, 15) is 9.90 Å². The maximum absolute atomic E-state index is 11.7. The Morgan fingerprint density at radius 1 is 1.05 bits per heavy atom. The van der Waals surface area contributed by atoms with Crippen LogP contribution in [0, 0.1) is 0 Å². The van der Waals surface area contributed by atoms with E-state index in [1.165, 1.54) is 0 Å². The number of piperidine rings is 1. The molecule has 3 saturated heterocycles. The minimum Gasteiger partial charge on any atom is -0.465 e. The quantitative estimate of drug-likeness (QED) is 0.835. The van der Waals surface area contributed by atoms with Crippen molar-refractivity contribution in [1.29, 1.82) is 0 Å². The average molecular weight is 269 g/mol. The van der Waals surface area contributed by atoms with E-state index < -0.39 is 11.6 Å². The van der Waals surface area contributed by atoms with Crippen LogP contribution in [0.25, 0.3) is 0 Å². The van der Waals surface area contributed by atoms with Crippen molar-refractivity contribution in [3.8, 4) is 0 Å². The summed E-state index contributed by atoms with van der Waals surface area (Å²) < 4.78 is 11.8. The maximum Gasteiger partial charge on any atom is 0.407 e. The Morgan fingerprint density at radius 2 is 1.68 bits per heavy atom. The Morgan fingerprint density at radius 3 is 2.16 bits per heavy atom. The highest BCUT2D eigenvalue weighted by atomic mass is 16.5. The number of likely N-dealkylation sites (tertiary alicyclic amines) is 1. The number of hydrogen-bond acceptors (Lipinski definition) is 3. The van der Waals surface area contributed by atoms with Gasteiger partial charge in [-0.25, -0.2) is 4.79 Å². The molecule has 0 bridgehead atoms. The zero-order valence-corrected chi connectivity index (χ0v) is 11.3. The standard InChI is InChI=1S/C14H23NO4/c16-13(17)15-8-2-1-7-14(15,11-5-3-9-18-11)12-6-4-10-19-12/h11-12H,1-10H2,(H,16,17). The third kappa shape index (κ3) is 2.13. The molecule has 3 aliphatic rings. The molecule has 0 aromatic heterocycles. The first-order valence-electron chi connectivity index (χ1n) is 7.49. The van der Waals surface area contributed by atoms with Gasteiger partial charge in [0.25, 0.3) is 0 Å². The molecule has 108 valence electrons. The number of carboxylic acid groups (broad SMARTS) is 1. The molecule has 0 saturated carbocycles. The molecular formula is C14H23NO4. The number of amides is 1. The molecule has 3 aliphatic heterocycles. The summed E-state index contributed by atoms with van der Waals surface area (Å²) in [7, 11) is 0. The van der Waals surface area contributed by atoms with Crippen LogP contribution in [0.3, 0.4) is 0 Å². The Bertz CT molecular complexity index is 318. The maximum atomic E-state index is 11.7. The van der Waals surface area contributed by atoms with Crippen molar-refractivity contribution in [3.05, 3.63) is 0 Å². The van der Waals surface area contributed by atoms with Crippen molar-refractivity contribution in [2.24, 2.45) is 0 Å². The fourth-order valence-corrected chi connectivity index (χ4v) is 4.12. The van der Waals surface area contributed by atoms with Gasteiger partial charge in [0.1, 0.15) is 0 Å². The Kier molecular flexibility index (Phi) is 3.67. The molecule has 1 amide bonds. The van der Waals surface area contributed by atoms with Gasteiger partial charge in [0.15, 0.2) is 0 Å². The summed E-state index contributed by atoms with van der Waals surface area (Å²) in [6, 6.07) is 0. The van der Waals surface area contributed by atoms with Gasteiger partial charge in [-0.05, 0) is 44.9 Å². The molecule has 2 atom stereocenters. The van der Waals surface area contributed by atoms with Crippen molar-refractivity contribution in [2.75, 3.05) is 19.8 Å². The first-order chi connectivity index (χ1) is 9.25. The second kappa shape index (κ2) is 5.29. The molecule has 0 aliphatic carbocycles. The van der Waals surface area contributed by atoms with Crippen molar-refractivity contribution < 1.29 is 19.4 Å².